The highest BCUT2D eigenvalue weighted by Crippen LogP contribution is 2.51. The summed E-state index contributed by atoms with van der Waals surface area (Å²) in [5.41, 5.74) is 20.4. The van der Waals surface area contributed by atoms with E-state index < -0.39 is 0 Å². The van der Waals surface area contributed by atoms with Crippen molar-refractivity contribution in [2.45, 2.75) is 102 Å². The summed E-state index contributed by atoms with van der Waals surface area (Å²) in [4.78, 5) is 8.09. The van der Waals surface area contributed by atoms with Crippen molar-refractivity contribution >= 4 is 34.0 Å². The highest BCUT2D eigenvalue weighted by Gasteiger charge is 2.39. The van der Waals surface area contributed by atoms with E-state index in [1.807, 2.05) is 0 Å². The Labute approximate surface area is 320 Å². The molecule has 270 valence electrons. The predicted octanol–water partition coefficient (Wildman–Crippen LogP) is 12.8. The number of aryl methyl sites for hydroxylation is 1. The third kappa shape index (κ3) is 5.41. The van der Waals surface area contributed by atoms with Crippen LogP contribution in [0.4, 0.5) is 5.69 Å². The lowest BCUT2D eigenvalue weighted by molar-refractivity contribution is 0.587. The van der Waals surface area contributed by atoms with Gasteiger partial charge in [0.25, 0.3) is 0 Å². The number of aliphatic imine (C=N–C) groups is 1. The maximum absolute atomic E-state index is 5.43. The quantitative estimate of drug-likeness (QED) is 0.259. The minimum atomic E-state index is 0.274. The number of allylic oxidation sites excluding steroid dienone is 14. The van der Waals surface area contributed by atoms with E-state index in [0.29, 0.717) is 11.8 Å². The van der Waals surface area contributed by atoms with Gasteiger partial charge in [-0.25, -0.2) is 0 Å². The summed E-state index contributed by atoms with van der Waals surface area (Å²) in [6.07, 6.45) is 46.3. The molecule has 0 spiro atoms. The molecule has 0 bridgehead atoms. The Bertz CT molecular complexity index is 2390. The molecular formula is C51H51N3. The lowest BCUT2D eigenvalue weighted by Crippen LogP contribution is -2.22. The molecule has 0 N–H and O–H groups in total. The zero-order valence-electron chi connectivity index (χ0n) is 31.6. The average molecular weight is 706 g/mol. The van der Waals surface area contributed by atoms with E-state index in [-0.39, 0.29) is 6.04 Å². The van der Waals surface area contributed by atoms with Crippen molar-refractivity contribution in [3.05, 3.63) is 159 Å². The van der Waals surface area contributed by atoms with Crippen LogP contribution in [0.2, 0.25) is 0 Å². The SMILES string of the molecule is C1=CCC(C2=CC(n3c4c(c5cc(C6=CC=C7C(C6)C6=C(C=CCC6)N7c6cccc7c6CCCC7)ccc53)C=CCC4)CC(C3=CCCCC3)=N2)C=C1. The van der Waals surface area contributed by atoms with E-state index in [4.69, 9.17) is 4.99 Å². The molecule has 3 heteroatoms. The van der Waals surface area contributed by atoms with Crippen LogP contribution in [0.15, 0.2) is 136 Å². The fourth-order valence-electron chi connectivity index (χ4n) is 11.1. The Balaban J connectivity index is 0.985. The van der Waals surface area contributed by atoms with Crippen molar-refractivity contribution in [1.29, 1.82) is 0 Å². The molecule has 0 saturated heterocycles. The molecule has 3 unspecified atom stereocenters. The van der Waals surface area contributed by atoms with E-state index in [1.54, 1.807) is 16.7 Å². The van der Waals surface area contributed by atoms with Crippen LogP contribution in [0.25, 0.3) is 22.6 Å². The van der Waals surface area contributed by atoms with E-state index in [9.17, 15) is 0 Å². The molecule has 11 rings (SSSR count). The van der Waals surface area contributed by atoms with E-state index in [1.165, 1.54) is 125 Å². The first-order valence-corrected chi connectivity index (χ1v) is 21.2. The van der Waals surface area contributed by atoms with Gasteiger partial charge >= 0.3 is 0 Å². The van der Waals surface area contributed by atoms with Gasteiger partial charge in [0, 0.05) is 68.9 Å². The Morgan fingerprint density at radius 1 is 0.759 bits per heavy atom. The van der Waals surface area contributed by atoms with Crippen molar-refractivity contribution in [3.8, 4) is 0 Å². The zero-order chi connectivity index (χ0) is 35.6. The van der Waals surface area contributed by atoms with E-state index >= 15 is 0 Å². The molecule has 54 heavy (non-hydrogen) atoms. The van der Waals surface area contributed by atoms with Crippen LogP contribution in [0, 0.1) is 11.8 Å². The first-order valence-electron chi connectivity index (χ1n) is 21.2. The lowest BCUT2D eigenvalue weighted by Gasteiger charge is -2.31. The molecule has 0 fully saturated rings. The molecule has 6 aliphatic carbocycles. The summed E-state index contributed by atoms with van der Waals surface area (Å²) in [5, 5.41) is 1.41. The molecule has 3 nitrogen and oxygen atoms in total. The molecule has 8 aliphatic rings. The number of rotatable bonds is 5. The molecule has 1 aromatic heterocycles. The molecule has 0 saturated carbocycles. The standard InChI is InChI=1S/C51H51N3/c1-3-15-35(16-4-1)45-32-39(33-46(52-45)36-17-5-2-6-18-36)53-48-23-11-9-21-41(48)43-30-37(26-28-50(43)53)38-27-29-51-44(31-38)42-22-10-12-24-49(42)54(51)47-25-13-19-34-14-7-8-20-40(34)47/h1,3-4,9,12-13,15,17,19,21,24-30,32,35,39,44H,2,5-8,10-11,14,16,18,20,22-23,31,33H2. The van der Waals surface area contributed by atoms with Crippen LogP contribution >= 0.6 is 0 Å². The van der Waals surface area contributed by atoms with Gasteiger partial charge < -0.3 is 9.47 Å². The summed E-state index contributed by atoms with van der Waals surface area (Å²) in [7, 11) is 0. The number of fused-ring (bicyclic) bond motifs is 6. The number of hydrogen-bond acceptors (Lipinski definition) is 2. The molecule has 0 amide bonds. The van der Waals surface area contributed by atoms with Crippen LogP contribution in [-0.4, -0.2) is 10.3 Å². The van der Waals surface area contributed by atoms with E-state index in [2.05, 4.69) is 119 Å². The number of anilines is 1. The summed E-state index contributed by atoms with van der Waals surface area (Å²) >= 11 is 0. The highest BCUT2D eigenvalue weighted by molar-refractivity contribution is 6.02. The fourth-order valence-corrected chi connectivity index (χ4v) is 11.1. The van der Waals surface area contributed by atoms with Crippen LogP contribution < -0.4 is 4.90 Å². The van der Waals surface area contributed by atoms with Crippen molar-refractivity contribution in [3.63, 3.8) is 0 Å². The highest BCUT2D eigenvalue weighted by atomic mass is 15.2. The van der Waals surface area contributed by atoms with Gasteiger partial charge in [0.15, 0.2) is 0 Å². The van der Waals surface area contributed by atoms with Crippen LogP contribution in [0.3, 0.4) is 0 Å². The smallest absolute Gasteiger partial charge is 0.0595 e. The summed E-state index contributed by atoms with van der Waals surface area (Å²) < 4.78 is 2.73. The molecule has 3 heterocycles. The number of benzene rings is 2. The molecule has 2 aliphatic heterocycles. The van der Waals surface area contributed by atoms with Crippen molar-refractivity contribution in [2.75, 3.05) is 4.90 Å². The van der Waals surface area contributed by atoms with Gasteiger partial charge in [-0.2, -0.15) is 0 Å². The second kappa shape index (κ2) is 13.4. The summed E-state index contributed by atoms with van der Waals surface area (Å²) in [5.74, 6) is 0.797. The van der Waals surface area contributed by atoms with Crippen LogP contribution in [-0.2, 0) is 19.3 Å². The number of aromatic nitrogens is 1. The van der Waals surface area contributed by atoms with Crippen molar-refractivity contribution < 1.29 is 0 Å². The second-order valence-electron chi connectivity index (χ2n) is 16.8. The maximum atomic E-state index is 5.43. The molecule has 0 radical (unpaired) electrons. The number of hydrogen-bond donors (Lipinski definition) is 0. The summed E-state index contributed by atoms with van der Waals surface area (Å²) in [6.45, 7) is 0. The van der Waals surface area contributed by atoms with E-state index in [0.717, 1.165) is 38.5 Å². The largest absolute Gasteiger partial charge is 0.337 e. The molecular weight excluding hydrogens is 655 g/mol. The monoisotopic (exact) mass is 705 g/mol. The van der Waals surface area contributed by atoms with Gasteiger partial charge in [0.1, 0.15) is 0 Å². The zero-order valence-corrected chi connectivity index (χ0v) is 31.6. The van der Waals surface area contributed by atoms with Crippen LogP contribution in [0.1, 0.15) is 111 Å². The topological polar surface area (TPSA) is 20.5 Å². The first-order chi connectivity index (χ1) is 26.8. The van der Waals surface area contributed by atoms with Crippen molar-refractivity contribution in [1.82, 2.24) is 4.57 Å². The van der Waals surface area contributed by atoms with Gasteiger partial charge in [-0.15, -0.1) is 0 Å². The van der Waals surface area contributed by atoms with Crippen molar-refractivity contribution in [2.24, 2.45) is 16.8 Å². The van der Waals surface area contributed by atoms with Gasteiger partial charge in [-0.1, -0.05) is 72.9 Å². The second-order valence-corrected chi connectivity index (χ2v) is 16.8. The van der Waals surface area contributed by atoms with Gasteiger partial charge in [-0.05, 0) is 160 Å². The van der Waals surface area contributed by atoms with Gasteiger partial charge in [0.05, 0.1) is 6.04 Å². The normalized spacial score (nSPS) is 25.7. The Hall–Kier alpha value is -4.89. The third-order valence-corrected chi connectivity index (χ3v) is 13.7. The number of nitrogens with zero attached hydrogens (tertiary/aromatic N) is 3. The van der Waals surface area contributed by atoms with Gasteiger partial charge in [-0.3, -0.25) is 4.99 Å². The minimum absolute atomic E-state index is 0.274. The molecule has 3 aromatic rings. The fraction of sp³-hybridized carbons (Fsp3) is 0.353. The molecule has 2 aromatic carbocycles. The first kappa shape index (κ1) is 32.5. The summed E-state index contributed by atoms with van der Waals surface area (Å²) in [6, 6.07) is 14.8. The van der Waals surface area contributed by atoms with Gasteiger partial charge in [0.2, 0.25) is 0 Å². The third-order valence-electron chi connectivity index (χ3n) is 13.7. The Morgan fingerprint density at radius 3 is 2.61 bits per heavy atom. The predicted molar refractivity (Wildman–Crippen MR) is 227 cm³/mol. The lowest BCUT2D eigenvalue weighted by atomic mass is 9.82. The Morgan fingerprint density at radius 2 is 1.69 bits per heavy atom. The van der Waals surface area contributed by atoms with Crippen LogP contribution in [0.5, 0.6) is 0 Å². The Kier molecular flexibility index (Phi) is 8.10. The minimum Gasteiger partial charge on any atom is -0.337 e. The molecule has 3 atom stereocenters. The average Bonchev–Trinajstić information content (AvgIpc) is 3.76. The maximum Gasteiger partial charge on any atom is 0.0595 e.